The van der Waals surface area contributed by atoms with Gasteiger partial charge >= 0.3 is 6.09 Å². The fourth-order valence-electron chi connectivity index (χ4n) is 2.92. The summed E-state index contributed by atoms with van der Waals surface area (Å²) in [4.78, 5) is 18.5. The highest BCUT2D eigenvalue weighted by Gasteiger charge is 2.23. The molecule has 0 saturated heterocycles. The number of amides is 1. The predicted octanol–water partition coefficient (Wildman–Crippen LogP) is 6.07. The second kappa shape index (κ2) is 9.93. The maximum Gasteiger partial charge on any atom is 0.438 e. The Bertz CT molecular complexity index is 847. The molecule has 0 aromatic heterocycles. The van der Waals surface area contributed by atoms with Crippen molar-refractivity contribution in [1.29, 1.82) is 0 Å². The number of carbonyl (C=O) groups is 1. The first-order valence-electron chi connectivity index (χ1n) is 9.15. The molecule has 0 aliphatic heterocycles. The number of nitrogens with zero attached hydrogens (tertiary/aromatic N) is 1. The van der Waals surface area contributed by atoms with Gasteiger partial charge in [0.2, 0.25) is 0 Å². The third-order valence-electron chi connectivity index (χ3n) is 4.28. The van der Waals surface area contributed by atoms with Crippen molar-refractivity contribution < 1.29 is 14.4 Å². The Kier molecular flexibility index (Phi) is 7.06. The van der Waals surface area contributed by atoms with Crippen molar-refractivity contribution in [3.8, 4) is 0 Å². The molecule has 0 atom stereocenters. The lowest BCUT2D eigenvalue weighted by molar-refractivity contribution is 0.0739. The third-order valence-corrected chi connectivity index (χ3v) is 4.60. The van der Waals surface area contributed by atoms with Gasteiger partial charge in [0.1, 0.15) is 0 Å². The molecule has 0 heterocycles. The van der Waals surface area contributed by atoms with Crippen molar-refractivity contribution in [2.24, 2.45) is 0 Å². The zero-order valence-electron chi connectivity index (χ0n) is 15.6. The van der Waals surface area contributed by atoms with E-state index in [2.05, 4.69) is 0 Å². The second-order valence-corrected chi connectivity index (χ2v) is 6.52. The minimum Gasteiger partial charge on any atom is -0.448 e. The van der Waals surface area contributed by atoms with Crippen LogP contribution in [0.15, 0.2) is 84.9 Å². The van der Waals surface area contributed by atoms with Gasteiger partial charge in [-0.2, -0.15) is 5.06 Å². The van der Waals surface area contributed by atoms with Crippen LogP contribution >= 0.6 is 11.6 Å². The monoisotopic (exact) mass is 395 g/mol. The van der Waals surface area contributed by atoms with Crippen molar-refractivity contribution in [1.82, 2.24) is 0 Å². The lowest BCUT2D eigenvalue weighted by Crippen LogP contribution is -2.33. The average molecular weight is 396 g/mol. The Morgan fingerprint density at radius 3 is 1.96 bits per heavy atom. The van der Waals surface area contributed by atoms with Gasteiger partial charge in [-0.3, -0.25) is 4.84 Å². The van der Waals surface area contributed by atoms with Crippen LogP contribution in [-0.2, 0) is 9.57 Å². The maximum absolute atomic E-state index is 12.5. The molecule has 0 unspecified atom stereocenters. The minimum absolute atomic E-state index is 0.0539. The Morgan fingerprint density at radius 2 is 1.43 bits per heavy atom. The molecule has 0 N–H and O–H groups in total. The standard InChI is InChI=1S/C23H22ClNO3/c1-2-27-23(26)25(22-16-10-9-15-21(22)24)28-17-20(18-11-5-3-6-12-18)19-13-7-4-8-14-19/h3-16,20H,2,17H2,1H3. The number of carbonyl (C=O) groups excluding carboxylic acids is 1. The molecule has 0 radical (unpaired) electrons. The van der Waals surface area contributed by atoms with E-state index in [1.165, 1.54) is 0 Å². The summed E-state index contributed by atoms with van der Waals surface area (Å²) in [6.45, 7) is 2.24. The van der Waals surface area contributed by atoms with E-state index in [1.807, 2.05) is 60.7 Å². The summed E-state index contributed by atoms with van der Waals surface area (Å²) in [5.41, 5.74) is 2.64. The van der Waals surface area contributed by atoms with Gasteiger partial charge in [0.15, 0.2) is 0 Å². The van der Waals surface area contributed by atoms with E-state index >= 15 is 0 Å². The van der Waals surface area contributed by atoms with Crippen LogP contribution in [0, 0.1) is 0 Å². The summed E-state index contributed by atoms with van der Waals surface area (Å²) >= 11 is 6.28. The van der Waals surface area contributed by atoms with Gasteiger partial charge in [-0.15, -0.1) is 0 Å². The van der Waals surface area contributed by atoms with Crippen LogP contribution in [0.25, 0.3) is 0 Å². The molecule has 3 aromatic rings. The molecule has 3 rings (SSSR count). The van der Waals surface area contributed by atoms with Gasteiger partial charge in [0, 0.05) is 5.92 Å². The zero-order valence-corrected chi connectivity index (χ0v) is 16.4. The van der Waals surface area contributed by atoms with E-state index in [0.717, 1.165) is 16.2 Å². The van der Waals surface area contributed by atoms with Crippen molar-refractivity contribution in [3.63, 3.8) is 0 Å². The topological polar surface area (TPSA) is 38.8 Å². The largest absolute Gasteiger partial charge is 0.448 e. The number of benzene rings is 3. The molecule has 0 fully saturated rings. The first kappa shape index (κ1) is 19.9. The molecule has 3 aromatic carbocycles. The van der Waals surface area contributed by atoms with Crippen molar-refractivity contribution in [2.75, 3.05) is 18.3 Å². The number of hydrogen-bond donors (Lipinski definition) is 0. The van der Waals surface area contributed by atoms with Crippen LogP contribution in [0.1, 0.15) is 24.0 Å². The van der Waals surface area contributed by atoms with E-state index in [-0.39, 0.29) is 19.1 Å². The Hall–Kier alpha value is -2.82. The molecule has 0 saturated carbocycles. The van der Waals surface area contributed by atoms with Crippen LogP contribution in [0.2, 0.25) is 5.02 Å². The summed E-state index contributed by atoms with van der Waals surface area (Å²) in [5, 5.41) is 1.54. The van der Waals surface area contributed by atoms with E-state index < -0.39 is 6.09 Å². The van der Waals surface area contributed by atoms with Crippen LogP contribution in [0.5, 0.6) is 0 Å². The number of para-hydroxylation sites is 1. The smallest absolute Gasteiger partial charge is 0.438 e. The molecule has 0 aliphatic carbocycles. The lowest BCUT2D eigenvalue weighted by atomic mass is 9.92. The number of hydroxylamine groups is 1. The second-order valence-electron chi connectivity index (χ2n) is 6.11. The highest BCUT2D eigenvalue weighted by Crippen LogP contribution is 2.29. The predicted molar refractivity (Wildman–Crippen MR) is 112 cm³/mol. The van der Waals surface area contributed by atoms with Gasteiger partial charge in [-0.05, 0) is 30.2 Å². The van der Waals surface area contributed by atoms with E-state index in [4.69, 9.17) is 21.2 Å². The molecule has 0 bridgehead atoms. The Labute approximate surface area is 170 Å². The van der Waals surface area contributed by atoms with Crippen molar-refractivity contribution >= 4 is 23.4 Å². The summed E-state index contributed by atoms with van der Waals surface area (Å²) < 4.78 is 5.16. The van der Waals surface area contributed by atoms with Gasteiger partial charge in [0.25, 0.3) is 0 Å². The number of anilines is 1. The van der Waals surface area contributed by atoms with Crippen molar-refractivity contribution in [3.05, 3.63) is 101 Å². The van der Waals surface area contributed by atoms with E-state index in [0.29, 0.717) is 10.7 Å². The Morgan fingerprint density at radius 1 is 0.893 bits per heavy atom. The highest BCUT2D eigenvalue weighted by atomic mass is 35.5. The SMILES string of the molecule is CCOC(=O)N(OCC(c1ccccc1)c1ccccc1)c1ccccc1Cl. The molecule has 5 heteroatoms. The molecule has 144 valence electrons. The fourth-order valence-corrected chi connectivity index (χ4v) is 3.14. The molecular formula is C23H22ClNO3. The number of ether oxygens (including phenoxy) is 1. The number of rotatable bonds is 7. The van der Waals surface area contributed by atoms with Gasteiger partial charge in [0.05, 0.1) is 23.9 Å². The van der Waals surface area contributed by atoms with E-state index in [9.17, 15) is 4.79 Å². The maximum atomic E-state index is 12.5. The molecule has 0 spiro atoms. The molecule has 0 aliphatic rings. The number of hydrogen-bond acceptors (Lipinski definition) is 3. The Balaban J connectivity index is 1.88. The zero-order chi connectivity index (χ0) is 19.8. The normalized spacial score (nSPS) is 10.7. The third kappa shape index (κ3) is 4.91. The summed E-state index contributed by atoms with van der Waals surface area (Å²) in [6, 6.07) is 27.1. The minimum atomic E-state index is -0.601. The summed E-state index contributed by atoms with van der Waals surface area (Å²) in [6.07, 6.45) is -0.601. The van der Waals surface area contributed by atoms with E-state index in [1.54, 1.807) is 31.2 Å². The first-order valence-corrected chi connectivity index (χ1v) is 9.52. The average Bonchev–Trinajstić information content (AvgIpc) is 2.73. The van der Waals surface area contributed by atoms with Gasteiger partial charge < -0.3 is 4.74 Å². The summed E-state index contributed by atoms with van der Waals surface area (Å²) in [5.74, 6) is -0.0539. The van der Waals surface area contributed by atoms with Crippen LogP contribution in [-0.4, -0.2) is 19.3 Å². The first-order chi connectivity index (χ1) is 13.7. The molecule has 1 amide bonds. The lowest BCUT2D eigenvalue weighted by Gasteiger charge is -2.25. The quantitative estimate of drug-likeness (QED) is 0.456. The van der Waals surface area contributed by atoms with Crippen molar-refractivity contribution in [2.45, 2.75) is 12.8 Å². The van der Waals surface area contributed by atoms with Crippen LogP contribution < -0.4 is 5.06 Å². The number of halogens is 1. The van der Waals surface area contributed by atoms with Crippen LogP contribution in [0.4, 0.5) is 10.5 Å². The van der Waals surface area contributed by atoms with Gasteiger partial charge in [-0.1, -0.05) is 84.4 Å². The summed E-state index contributed by atoms with van der Waals surface area (Å²) in [7, 11) is 0. The molecule has 28 heavy (non-hydrogen) atoms. The van der Waals surface area contributed by atoms with Crippen LogP contribution in [0.3, 0.4) is 0 Å². The highest BCUT2D eigenvalue weighted by molar-refractivity contribution is 6.33. The molecule has 4 nitrogen and oxygen atoms in total. The van der Waals surface area contributed by atoms with Gasteiger partial charge in [-0.25, -0.2) is 4.79 Å². The fraction of sp³-hybridized carbons (Fsp3) is 0.174. The molecular weight excluding hydrogens is 374 g/mol.